The molecule has 146 valence electrons. The molecule has 3 heterocycles. The number of likely N-dealkylation sites (N-methyl/N-ethyl adjacent to an activating group) is 1. The Bertz CT molecular complexity index is 1290. The third-order valence-electron chi connectivity index (χ3n) is 4.83. The van der Waals surface area contributed by atoms with E-state index in [1.54, 1.807) is 30.7 Å². The first-order valence-corrected chi connectivity index (χ1v) is 11.5. The topological polar surface area (TPSA) is 55.2 Å². The lowest BCUT2D eigenvalue weighted by Crippen LogP contribution is -2.15. The van der Waals surface area contributed by atoms with Gasteiger partial charge in [-0.1, -0.05) is 11.6 Å². The highest BCUT2D eigenvalue weighted by Gasteiger charge is 2.26. The van der Waals surface area contributed by atoms with Crippen LogP contribution in [0.4, 0.5) is 0 Å². The lowest BCUT2D eigenvalue weighted by molar-refractivity contribution is 0.414. The Labute approximate surface area is 173 Å². The third-order valence-corrected chi connectivity index (χ3v) is 8.61. The number of nitrogens with zero attached hydrogens (tertiary/aromatic N) is 3. The number of fused-ring (bicyclic) bond motifs is 2. The zero-order valence-corrected chi connectivity index (χ0v) is 18.2. The Morgan fingerprint density at radius 2 is 2.00 bits per heavy atom. The van der Waals surface area contributed by atoms with Crippen molar-refractivity contribution in [3.05, 3.63) is 59.0 Å². The van der Waals surface area contributed by atoms with Crippen LogP contribution < -0.4 is 0 Å². The maximum atomic E-state index is 13.6. The molecule has 0 aliphatic heterocycles. The lowest BCUT2D eigenvalue weighted by Gasteiger charge is -2.08. The number of benzene rings is 1. The molecule has 0 fully saturated rings. The van der Waals surface area contributed by atoms with Gasteiger partial charge < -0.3 is 4.90 Å². The average molecular weight is 434 g/mol. The van der Waals surface area contributed by atoms with Crippen LogP contribution in [0.2, 0.25) is 5.02 Å². The maximum Gasteiger partial charge on any atom is 0.277 e. The molecule has 0 unspecified atom stereocenters. The summed E-state index contributed by atoms with van der Waals surface area (Å²) in [4.78, 5) is 6.27. The Balaban J connectivity index is 1.91. The number of halogens is 1. The highest BCUT2D eigenvalue weighted by molar-refractivity contribution is 7.92. The number of rotatable bonds is 5. The van der Waals surface area contributed by atoms with Crippen LogP contribution in [0.5, 0.6) is 0 Å². The van der Waals surface area contributed by atoms with E-state index in [0.717, 1.165) is 39.6 Å². The second-order valence-corrected chi connectivity index (χ2v) is 10.6. The van der Waals surface area contributed by atoms with Gasteiger partial charge in [0.25, 0.3) is 10.0 Å². The normalized spacial score (nSPS) is 12.5. The van der Waals surface area contributed by atoms with Gasteiger partial charge in [0.05, 0.1) is 5.52 Å². The van der Waals surface area contributed by atoms with E-state index < -0.39 is 10.0 Å². The predicted molar refractivity (Wildman–Crippen MR) is 116 cm³/mol. The minimum atomic E-state index is -3.74. The van der Waals surface area contributed by atoms with Crippen LogP contribution in [0.15, 0.2) is 47.1 Å². The first-order chi connectivity index (χ1) is 13.3. The van der Waals surface area contributed by atoms with E-state index in [2.05, 4.69) is 9.88 Å². The van der Waals surface area contributed by atoms with Gasteiger partial charge in [0, 0.05) is 40.2 Å². The second kappa shape index (κ2) is 7.15. The van der Waals surface area contributed by atoms with E-state index in [-0.39, 0.29) is 0 Å². The summed E-state index contributed by atoms with van der Waals surface area (Å²) in [5, 5.41) is 2.34. The van der Waals surface area contributed by atoms with Crippen molar-refractivity contribution in [3.8, 4) is 0 Å². The molecule has 28 heavy (non-hydrogen) atoms. The molecular weight excluding hydrogens is 414 g/mol. The highest BCUT2D eigenvalue weighted by Crippen LogP contribution is 2.37. The molecule has 0 bridgehead atoms. The summed E-state index contributed by atoms with van der Waals surface area (Å²) in [6, 6.07) is 7.23. The summed E-state index contributed by atoms with van der Waals surface area (Å²) in [6.45, 7) is 2.66. The molecule has 1 aromatic carbocycles. The average Bonchev–Trinajstić information content (AvgIpc) is 3.19. The van der Waals surface area contributed by atoms with Crippen LogP contribution in [-0.2, 0) is 16.4 Å². The van der Waals surface area contributed by atoms with E-state index in [0.29, 0.717) is 14.7 Å². The van der Waals surface area contributed by atoms with Gasteiger partial charge in [0.2, 0.25) is 0 Å². The van der Waals surface area contributed by atoms with E-state index in [1.807, 2.05) is 33.2 Å². The van der Waals surface area contributed by atoms with E-state index >= 15 is 0 Å². The minimum Gasteiger partial charge on any atom is -0.309 e. The standard InChI is InChI=1S/C20H20ClN3O2S2/c1-13-16-10-15(21)4-5-19(16)27-20(13)28(25,26)24-12-14(7-9-23(2)3)17-11-22-8-6-18(17)24/h4-6,8,10-12H,7,9H2,1-3H3. The first-order valence-electron chi connectivity index (χ1n) is 8.82. The van der Waals surface area contributed by atoms with Crippen molar-refractivity contribution in [2.75, 3.05) is 20.6 Å². The predicted octanol–water partition coefficient (Wildman–Crippen LogP) is 4.55. The molecule has 0 saturated heterocycles. The van der Waals surface area contributed by atoms with E-state index in [4.69, 9.17) is 11.6 Å². The number of aryl methyl sites for hydroxylation is 1. The summed E-state index contributed by atoms with van der Waals surface area (Å²) < 4.78 is 29.8. The molecule has 8 heteroatoms. The van der Waals surface area contributed by atoms with Crippen molar-refractivity contribution in [3.63, 3.8) is 0 Å². The van der Waals surface area contributed by atoms with Crippen LogP contribution in [0, 0.1) is 6.92 Å². The van der Waals surface area contributed by atoms with Gasteiger partial charge in [-0.15, -0.1) is 11.3 Å². The van der Waals surface area contributed by atoms with Gasteiger partial charge in [-0.3, -0.25) is 4.98 Å². The van der Waals surface area contributed by atoms with Crippen LogP contribution in [0.1, 0.15) is 11.1 Å². The van der Waals surface area contributed by atoms with Crippen molar-refractivity contribution < 1.29 is 8.42 Å². The van der Waals surface area contributed by atoms with Crippen molar-refractivity contribution in [2.45, 2.75) is 17.6 Å². The number of pyridine rings is 1. The zero-order chi connectivity index (χ0) is 20.1. The Morgan fingerprint density at radius 1 is 1.21 bits per heavy atom. The van der Waals surface area contributed by atoms with Gasteiger partial charge in [-0.05, 0) is 68.2 Å². The molecular formula is C20H20ClN3O2S2. The minimum absolute atomic E-state index is 0.345. The number of aromatic nitrogens is 2. The summed E-state index contributed by atoms with van der Waals surface area (Å²) in [5.74, 6) is 0. The molecule has 0 N–H and O–H groups in total. The van der Waals surface area contributed by atoms with Gasteiger partial charge in [-0.2, -0.15) is 8.42 Å². The fourth-order valence-corrected chi connectivity index (χ4v) is 6.74. The van der Waals surface area contributed by atoms with Crippen molar-refractivity contribution >= 4 is 54.0 Å². The summed E-state index contributed by atoms with van der Waals surface area (Å²) in [7, 11) is 0.262. The fourth-order valence-electron chi connectivity index (χ4n) is 3.36. The van der Waals surface area contributed by atoms with Crippen molar-refractivity contribution in [1.82, 2.24) is 13.9 Å². The molecule has 0 spiro atoms. The second-order valence-electron chi connectivity index (χ2n) is 7.06. The summed E-state index contributed by atoms with van der Waals surface area (Å²) in [5.41, 5.74) is 2.36. The first kappa shape index (κ1) is 19.4. The molecule has 0 aliphatic carbocycles. The summed E-state index contributed by atoms with van der Waals surface area (Å²) >= 11 is 7.39. The van der Waals surface area contributed by atoms with E-state index in [9.17, 15) is 8.42 Å². The van der Waals surface area contributed by atoms with Gasteiger partial charge >= 0.3 is 0 Å². The fraction of sp³-hybridized carbons (Fsp3) is 0.250. The Morgan fingerprint density at radius 3 is 2.75 bits per heavy atom. The molecule has 0 amide bonds. The monoisotopic (exact) mass is 433 g/mol. The van der Waals surface area contributed by atoms with Crippen LogP contribution in [0.25, 0.3) is 21.0 Å². The highest BCUT2D eigenvalue weighted by atomic mass is 35.5. The Hall–Kier alpha value is -1.93. The molecule has 0 radical (unpaired) electrons. The largest absolute Gasteiger partial charge is 0.309 e. The molecule has 5 nitrogen and oxygen atoms in total. The molecule has 4 aromatic rings. The van der Waals surface area contributed by atoms with Gasteiger partial charge in [0.1, 0.15) is 4.21 Å². The molecule has 3 aromatic heterocycles. The quantitative estimate of drug-likeness (QED) is 0.463. The van der Waals surface area contributed by atoms with Gasteiger partial charge in [0.15, 0.2) is 0 Å². The van der Waals surface area contributed by atoms with E-state index in [1.165, 1.54) is 15.3 Å². The van der Waals surface area contributed by atoms with Crippen molar-refractivity contribution in [2.24, 2.45) is 0 Å². The van der Waals surface area contributed by atoms with Crippen LogP contribution in [0.3, 0.4) is 0 Å². The SMILES string of the molecule is Cc1c(S(=O)(=O)n2cc(CCN(C)C)c3cnccc32)sc2ccc(Cl)cc12. The number of hydrogen-bond acceptors (Lipinski definition) is 5. The summed E-state index contributed by atoms with van der Waals surface area (Å²) in [6.07, 6.45) is 5.85. The molecule has 0 aliphatic rings. The number of hydrogen-bond donors (Lipinski definition) is 0. The molecule has 0 saturated carbocycles. The van der Waals surface area contributed by atoms with Gasteiger partial charge in [-0.25, -0.2) is 3.97 Å². The third kappa shape index (κ3) is 3.22. The lowest BCUT2D eigenvalue weighted by atomic mass is 10.1. The van der Waals surface area contributed by atoms with Crippen molar-refractivity contribution in [1.29, 1.82) is 0 Å². The molecule has 0 atom stereocenters. The zero-order valence-electron chi connectivity index (χ0n) is 15.8. The maximum absolute atomic E-state index is 13.6. The van der Waals surface area contributed by atoms with Crippen LogP contribution in [-0.4, -0.2) is 42.9 Å². The van der Waals surface area contributed by atoms with Crippen LogP contribution >= 0.6 is 22.9 Å². The molecule has 4 rings (SSSR count). The smallest absolute Gasteiger partial charge is 0.277 e. The Kier molecular flexibility index (Phi) is 4.95. The number of thiophene rings is 1.